The second-order valence-corrected chi connectivity index (χ2v) is 3.44. The Kier molecular flexibility index (Phi) is 5.09. The summed E-state index contributed by atoms with van der Waals surface area (Å²) >= 11 is 0. The van der Waals surface area contributed by atoms with Crippen molar-refractivity contribution in [3.05, 3.63) is 39.9 Å². The van der Waals surface area contributed by atoms with Gasteiger partial charge in [-0.25, -0.2) is 0 Å². The summed E-state index contributed by atoms with van der Waals surface area (Å²) in [5, 5.41) is 13.1. The molecule has 0 radical (unpaired) electrons. The largest absolute Gasteiger partial charge is 0.383 e. The lowest BCUT2D eigenvalue weighted by Gasteiger charge is -2.04. The predicted molar refractivity (Wildman–Crippen MR) is 61.7 cm³/mol. The van der Waals surface area contributed by atoms with Gasteiger partial charge in [-0.15, -0.1) is 0 Å². The van der Waals surface area contributed by atoms with Crippen LogP contribution in [0.25, 0.3) is 0 Å². The molecular weight excluding hydrogens is 224 g/mol. The number of non-ortho nitro benzene ring substituents is 1. The molecule has 92 valence electrons. The molecule has 0 bridgehead atoms. The number of nitro benzene ring substituents is 1. The lowest BCUT2D eigenvalue weighted by Crippen LogP contribution is -2.28. The Morgan fingerprint density at radius 1 is 1.41 bits per heavy atom. The molecule has 6 heteroatoms. The van der Waals surface area contributed by atoms with Crippen LogP contribution in [-0.4, -0.2) is 31.1 Å². The maximum atomic E-state index is 11.4. The molecule has 0 saturated heterocycles. The van der Waals surface area contributed by atoms with E-state index in [0.29, 0.717) is 13.2 Å². The van der Waals surface area contributed by atoms with E-state index in [1.54, 1.807) is 19.2 Å². The van der Waals surface area contributed by atoms with Crippen LogP contribution >= 0.6 is 0 Å². The molecule has 0 atom stereocenters. The first-order valence-electron chi connectivity index (χ1n) is 5.12. The Balaban J connectivity index is 2.46. The standard InChI is InChI=1S/C11H14N2O4/c1-17-7-6-12-11(14)8-9-2-4-10(5-3-9)13(15)16/h2-5H,6-8H2,1H3,(H,12,14). The molecule has 1 N–H and O–H groups in total. The molecule has 0 fully saturated rings. The van der Waals surface area contributed by atoms with Gasteiger partial charge in [0.25, 0.3) is 5.69 Å². The van der Waals surface area contributed by atoms with Gasteiger partial charge in [0.15, 0.2) is 0 Å². The van der Waals surface area contributed by atoms with Crippen LogP contribution in [0.4, 0.5) is 5.69 Å². The normalized spacial score (nSPS) is 9.94. The summed E-state index contributed by atoms with van der Waals surface area (Å²) in [6.45, 7) is 0.925. The predicted octanol–water partition coefficient (Wildman–Crippen LogP) is 0.900. The fourth-order valence-corrected chi connectivity index (χ4v) is 1.28. The van der Waals surface area contributed by atoms with Crippen LogP contribution in [-0.2, 0) is 16.0 Å². The number of hydrogen-bond donors (Lipinski definition) is 1. The molecule has 0 aliphatic heterocycles. The first kappa shape index (κ1) is 13.1. The summed E-state index contributed by atoms with van der Waals surface area (Å²) in [6.07, 6.45) is 0.210. The van der Waals surface area contributed by atoms with Gasteiger partial charge in [-0.3, -0.25) is 14.9 Å². The first-order valence-corrected chi connectivity index (χ1v) is 5.12. The number of benzene rings is 1. The second kappa shape index (κ2) is 6.59. The Hall–Kier alpha value is -1.95. The Morgan fingerprint density at radius 2 is 2.06 bits per heavy atom. The lowest BCUT2D eigenvalue weighted by atomic mass is 10.1. The fourth-order valence-electron chi connectivity index (χ4n) is 1.28. The van der Waals surface area contributed by atoms with E-state index in [1.807, 2.05) is 0 Å². The van der Waals surface area contributed by atoms with Crippen molar-refractivity contribution in [1.82, 2.24) is 5.32 Å². The minimum absolute atomic E-state index is 0.0218. The highest BCUT2D eigenvalue weighted by atomic mass is 16.6. The Morgan fingerprint density at radius 3 is 2.59 bits per heavy atom. The molecule has 0 heterocycles. The SMILES string of the molecule is COCCNC(=O)Cc1ccc([N+](=O)[O-])cc1. The molecule has 1 aromatic carbocycles. The summed E-state index contributed by atoms with van der Waals surface area (Å²) in [4.78, 5) is 21.4. The van der Waals surface area contributed by atoms with Crippen LogP contribution in [0.3, 0.4) is 0 Å². The van der Waals surface area contributed by atoms with Gasteiger partial charge in [0.05, 0.1) is 18.0 Å². The van der Waals surface area contributed by atoms with Crippen LogP contribution in [0.15, 0.2) is 24.3 Å². The third kappa shape index (κ3) is 4.60. The molecule has 0 aromatic heterocycles. The van der Waals surface area contributed by atoms with Crippen LogP contribution in [0.2, 0.25) is 0 Å². The zero-order chi connectivity index (χ0) is 12.7. The lowest BCUT2D eigenvalue weighted by molar-refractivity contribution is -0.384. The zero-order valence-corrected chi connectivity index (χ0v) is 9.51. The number of hydrogen-bond acceptors (Lipinski definition) is 4. The molecule has 0 aliphatic rings. The molecule has 1 rings (SSSR count). The number of nitrogens with zero attached hydrogens (tertiary/aromatic N) is 1. The molecule has 1 aromatic rings. The minimum Gasteiger partial charge on any atom is -0.383 e. The summed E-state index contributed by atoms with van der Waals surface area (Å²) < 4.78 is 4.79. The third-order valence-electron chi connectivity index (χ3n) is 2.14. The van der Waals surface area contributed by atoms with E-state index in [-0.39, 0.29) is 18.0 Å². The molecule has 0 spiro atoms. The number of nitro groups is 1. The van der Waals surface area contributed by atoms with Gasteiger partial charge >= 0.3 is 0 Å². The number of carbonyl (C=O) groups is 1. The Labute approximate surface area is 98.7 Å². The van der Waals surface area contributed by atoms with Crippen molar-refractivity contribution in [2.24, 2.45) is 0 Å². The van der Waals surface area contributed by atoms with E-state index in [1.165, 1.54) is 12.1 Å². The summed E-state index contributed by atoms with van der Waals surface area (Å²) in [5.74, 6) is -0.129. The highest BCUT2D eigenvalue weighted by Gasteiger charge is 2.06. The summed E-state index contributed by atoms with van der Waals surface area (Å²) in [6, 6.07) is 5.93. The Bertz CT molecular complexity index is 389. The molecule has 0 aliphatic carbocycles. The number of ether oxygens (including phenoxy) is 1. The minimum atomic E-state index is -0.470. The van der Waals surface area contributed by atoms with E-state index >= 15 is 0 Å². The van der Waals surface area contributed by atoms with Crippen LogP contribution in [0, 0.1) is 10.1 Å². The van der Waals surface area contributed by atoms with Crippen LogP contribution in [0.1, 0.15) is 5.56 Å². The van der Waals surface area contributed by atoms with E-state index in [0.717, 1.165) is 5.56 Å². The van der Waals surface area contributed by atoms with Gasteiger partial charge in [0.1, 0.15) is 0 Å². The van der Waals surface area contributed by atoms with Crippen molar-refractivity contribution in [3.63, 3.8) is 0 Å². The zero-order valence-electron chi connectivity index (χ0n) is 9.51. The number of carbonyl (C=O) groups excluding carboxylic acids is 1. The number of amides is 1. The monoisotopic (exact) mass is 238 g/mol. The van der Waals surface area contributed by atoms with E-state index in [2.05, 4.69) is 5.32 Å². The highest BCUT2D eigenvalue weighted by molar-refractivity contribution is 5.78. The smallest absolute Gasteiger partial charge is 0.269 e. The number of nitrogens with one attached hydrogen (secondary N) is 1. The third-order valence-corrected chi connectivity index (χ3v) is 2.14. The van der Waals surface area contributed by atoms with Crippen LogP contribution in [0.5, 0.6) is 0 Å². The topological polar surface area (TPSA) is 81.5 Å². The average Bonchev–Trinajstić information content (AvgIpc) is 2.30. The van der Waals surface area contributed by atoms with Crippen molar-refractivity contribution in [2.45, 2.75) is 6.42 Å². The molecule has 0 saturated carbocycles. The van der Waals surface area contributed by atoms with Gasteiger partial charge < -0.3 is 10.1 Å². The van der Waals surface area contributed by atoms with Crippen molar-refractivity contribution in [2.75, 3.05) is 20.3 Å². The second-order valence-electron chi connectivity index (χ2n) is 3.44. The van der Waals surface area contributed by atoms with E-state index < -0.39 is 4.92 Å². The van der Waals surface area contributed by atoms with Gasteiger partial charge in [-0.2, -0.15) is 0 Å². The van der Waals surface area contributed by atoms with Crippen molar-refractivity contribution in [1.29, 1.82) is 0 Å². The van der Waals surface area contributed by atoms with Crippen molar-refractivity contribution in [3.8, 4) is 0 Å². The average molecular weight is 238 g/mol. The maximum absolute atomic E-state index is 11.4. The molecule has 6 nitrogen and oxygen atoms in total. The van der Waals surface area contributed by atoms with Crippen molar-refractivity contribution < 1.29 is 14.5 Å². The fraction of sp³-hybridized carbons (Fsp3) is 0.364. The summed E-state index contributed by atoms with van der Waals surface area (Å²) in [7, 11) is 1.56. The summed E-state index contributed by atoms with van der Waals surface area (Å²) in [5.41, 5.74) is 0.763. The van der Waals surface area contributed by atoms with Crippen molar-refractivity contribution >= 4 is 11.6 Å². The number of methoxy groups -OCH3 is 1. The van der Waals surface area contributed by atoms with Crippen LogP contribution < -0.4 is 5.32 Å². The quantitative estimate of drug-likeness (QED) is 0.453. The molecule has 0 unspecified atom stereocenters. The van der Waals surface area contributed by atoms with Gasteiger partial charge in [-0.1, -0.05) is 12.1 Å². The van der Waals surface area contributed by atoms with E-state index in [4.69, 9.17) is 4.74 Å². The molecular formula is C11H14N2O4. The first-order chi connectivity index (χ1) is 8.13. The highest BCUT2D eigenvalue weighted by Crippen LogP contribution is 2.12. The number of rotatable bonds is 6. The van der Waals surface area contributed by atoms with Gasteiger partial charge in [-0.05, 0) is 5.56 Å². The van der Waals surface area contributed by atoms with E-state index in [9.17, 15) is 14.9 Å². The van der Waals surface area contributed by atoms with Gasteiger partial charge in [0, 0.05) is 25.8 Å². The maximum Gasteiger partial charge on any atom is 0.269 e. The molecule has 17 heavy (non-hydrogen) atoms. The molecule has 1 amide bonds. The van der Waals surface area contributed by atoms with Gasteiger partial charge in [0.2, 0.25) is 5.91 Å².